The molecular formula is C17H13Cl2N3O4. The van der Waals surface area contributed by atoms with Gasteiger partial charge in [-0.05, 0) is 18.2 Å². The number of nitrogens with one attached hydrogen (secondary N) is 1. The third-order valence-electron chi connectivity index (χ3n) is 3.60. The number of aromatic hydroxyl groups is 1. The van der Waals surface area contributed by atoms with E-state index in [9.17, 15) is 15.2 Å². The number of hydrogen-bond donors (Lipinski definition) is 2. The number of nitro benzene ring substituents is 1. The maximum Gasteiger partial charge on any atom is 0.289 e. The maximum absolute atomic E-state index is 10.8. The molecule has 134 valence electrons. The van der Waals surface area contributed by atoms with Crippen LogP contribution >= 0.6 is 23.2 Å². The van der Waals surface area contributed by atoms with Gasteiger partial charge in [-0.3, -0.25) is 10.1 Å². The number of benzene rings is 2. The van der Waals surface area contributed by atoms with Crippen LogP contribution in [-0.2, 0) is 11.3 Å². The molecule has 3 aromatic rings. The predicted octanol–water partition coefficient (Wildman–Crippen LogP) is 4.74. The normalized spacial score (nSPS) is 10.8. The number of fused-ring (bicyclic) bond motifs is 1. The van der Waals surface area contributed by atoms with Gasteiger partial charge in [0, 0.05) is 11.5 Å². The lowest BCUT2D eigenvalue weighted by Gasteiger charge is -2.10. The van der Waals surface area contributed by atoms with Gasteiger partial charge in [-0.25, -0.2) is 4.98 Å². The van der Waals surface area contributed by atoms with Crippen LogP contribution < -0.4 is 5.32 Å². The smallest absolute Gasteiger partial charge is 0.289 e. The van der Waals surface area contributed by atoms with Crippen molar-refractivity contribution in [3.05, 3.63) is 68.3 Å². The summed E-state index contributed by atoms with van der Waals surface area (Å²) in [6.07, 6.45) is 0. The highest BCUT2D eigenvalue weighted by molar-refractivity contribution is 6.36. The van der Waals surface area contributed by atoms with Crippen molar-refractivity contribution >= 4 is 45.5 Å². The van der Waals surface area contributed by atoms with Crippen LogP contribution in [0.1, 0.15) is 5.69 Å². The molecule has 0 aliphatic rings. The Morgan fingerprint density at radius 1 is 1.19 bits per heavy atom. The van der Waals surface area contributed by atoms with Crippen LogP contribution in [0.2, 0.25) is 10.0 Å². The average Bonchev–Trinajstić information content (AvgIpc) is 2.61. The predicted molar refractivity (Wildman–Crippen MR) is 99.8 cm³/mol. The van der Waals surface area contributed by atoms with Crippen molar-refractivity contribution in [2.24, 2.45) is 0 Å². The fourth-order valence-electron chi connectivity index (χ4n) is 2.35. The van der Waals surface area contributed by atoms with E-state index in [0.717, 1.165) is 5.39 Å². The topological polar surface area (TPSA) is 97.5 Å². The fourth-order valence-corrected chi connectivity index (χ4v) is 2.81. The van der Waals surface area contributed by atoms with Crippen LogP contribution in [0.4, 0.5) is 11.4 Å². The number of halogens is 2. The zero-order chi connectivity index (χ0) is 18.7. The second-order valence-corrected chi connectivity index (χ2v) is 6.18. The third-order valence-corrected chi connectivity index (χ3v) is 4.22. The number of anilines is 1. The number of phenols is 1. The van der Waals surface area contributed by atoms with Gasteiger partial charge in [0.25, 0.3) is 5.69 Å². The second kappa shape index (κ2) is 7.74. The Labute approximate surface area is 158 Å². The van der Waals surface area contributed by atoms with Crippen LogP contribution in [0.5, 0.6) is 5.75 Å². The number of nitro groups is 1. The first-order chi connectivity index (χ1) is 12.5. The van der Waals surface area contributed by atoms with Crippen molar-refractivity contribution in [3.63, 3.8) is 0 Å². The van der Waals surface area contributed by atoms with Crippen LogP contribution in [-0.4, -0.2) is 21.7 Å². The summed E-state index contributed by atoms with van der Waals surface area (Å²) in [4.78, 5) is 14.6. The number of hydrogen-bond acceptors (Lipinski definition) is 6. The summed E-state index contributed by atoms with van der Waals surface area (Å²) in [5.74, 6) is 0.106. The molecule has 0 amide bonds. The van der Waals surface area contributed by atoms with E-state index in [1.54, 1.807) is 18.2 Å². The Morgan fingerprint density at radius 3 is 2.77 bits per heavy atom. The summed E-state index contributed by atoms with van der Waals surface area (Å²) < 4.78 is 5.49. The average molecular weight is 394 g/mol. The van der Waals surface area contributed by atoms with Crippen LogP contribution in [0.15, 0.2) is 42.5 Å². The number of phenolic OH excluding ortho intramolecular Hbond substituents is 1. The molecule has 26 heavy (non-hydrogen) atoms. The zero-order valence-electron chi connectivity index (χ0n) is 13.3. The molecule has 1 heterocycles. The highest BCUT2D eigenvalue weighted by Crippen LogP contribution is 2.33. The van der Waals surface area contributed by atoms with E-state index in [2.05, 4.69) is 10.3 Å². The summed E-state index contributed by atoms with van der Waals surface area (Å²) >= 11 is 11.9. The third kappa shape index (κ3) is 3.96. The molecule has 0 aliphatic heterocycles. The van der Waals surface area contributed by atoms with Crippen molar-refractivity contribution in [2.75, 3.05) is 12.0 Å². The van der Waals surface area contributed by atoms with Gasteiger partial charge in [0.1, 0.15) is 23.0 Å². The van der Waals surface area contributed by atoms with Crippen molar-refractivity contribution in [1.29, 1.82) is 0 Å². The minimum absolute atomic E-state index is 0.0198. The SMILES string of the molecule is O=[N+]([O-])c1cc(Cl)c(NCOCc2ccc3cccc(O)c3n2)cc1Cl. The molecule has 0 radical (unpaired) electrons. The molecular weight excluding hydrogens is 381 g/mol. The number of rotatable bonds is 6. The number of ether oxygens (including phenoxy) is 1. The first kappa shape index (κ1) is 18.2. The van der Waals surface area contributed by atoms with Gasteiger partial charge in [-0.15, -0.1) is 0 Å². The Morgan fingerprint density at radius 2 is 2.00 bits per heavy atom. The van der Waals surface area contributed by atoms with E-state index in [4.69, 9.17) is 27.9 Å². The summed E-state index contributed by atoms with van der Waals surface area (Å²) in [5, 5.41) is 24.5. The minimum Gasteiger partial charge on any atom is -0.506 e. The molecule has 0 fully saturated rings. The standard InChI is InChI=1S/C17H13Cl2N3O4/c18-12-7-15(22(24)25)13(19)6-14(12)20-9-26-8-11-5-4-10-2-1-3-16(23)17(10)21-11/h1-7,20,23H,8-9H2. The Balaban J connectivity index is 1.62. The summed E-state index contributed by atoms with van der Waals surface area (Å²) in [6.45, 7) is 0.296. The van der Waals surface area contributed by atoms with E-state index in [-0.39, 0.29) is 34.8 Å². The largest absolute Gasteiger partial charge is 0.506 e. The highest BCUT2D eigenvalue weighted by atomic mass is 35.5. The van der Waals surface area contributed by atoms with Crippen molar-refractivity contribution in [1.82, 2.24) is 4.98 Å². The highest BCUT2D eigenvalue weighted by Gasteiger charge is 2.15. The van der Waals surface area contributed by atoms with E-state index < -0.39 is 4.92 Å². The number of aromatic nitrogens is 1. The van der Waals surface area contributed by atoms with Crippen LogP contribution in [0.25, 0.3) is 10.9 Å². The first-order valence-corrected chi connectivity index (χ1v) is 8.24. The minimum atomic E-state index is -0.602. The lowest BCUT2D eigenvalue weighted by atomic mass is 10.2. The number of para-hydroxylation sites is 1. The number of nitrogens with zero attached hydrogens (tertiary/aromatic N) is 2. The molecule has 0 saturated carbocycles. The molecule has 0 saturated heterocycles. The molecule has 0 atom stereocenters. The lowest BCUT2D eigenvalue weighted by molar-refractivity contribution is -0.384. The van der Waals surface area contributed by atoms with Crippen LogP contribution in [0, 0.1) is 10.1 Å². The van der Waals surface area contributed by atoms with Gasteiger partial charge in [0.2, 0.25) is 0 Å². The maximum atomic E-state index is 10.8. The number of pyridine rings is 1. The summed E-state index contributed by atoms with van der Waals surface area (Å²) in [6, 6.07) is 11.4. The molecule has 9 heteroatoms. The van der Waals surface area contributed by atoms with Crippen LogP contribution in [0.3, 0.4) is 0 Å². The first-order valence-electron chi connectivity index (χ1n) is 7.48. The lowest BCUT2D eigenvalue weighted by Crippen LogP contribution is -2.07. The monoisotopic (exact) mass is 393 g/mol. The molecule has 3 rings (SSSR count). The molecule has 7 nitrogen and oxygen atoms in total. The van der Waals surface area contributed by atoms with E-state index in [1.165, 1.54) is 12.1 Å². The molecule has 2 N–H and O–H groups in total. The second-order valence-electron chi connectivity index (χ2n) is 5.36. The molecule has 2 aromatic carbocycles. The summed E-state index contributed by atoms with van der Waals surface area (Å²) in [7, 11) is 0. The molecule has 0 unspecified atom stereocenters. The molecule has 0 aliphatic carbocycles. The van der Waals surface area contributed by atoms with Gasteiger partial charge in [0.15, 0.2) is 0 Å². The van der Waals surface area contributed by atoms with Crippen molar-refractivity contribution in [3.8, 4) is 5.75 Å². The van der Waals surface area contributed by atoms with E-state index in [0.29, 0.717) is 16.9 Å². The Kier molecular flexibility index (Phi) is 5.41. The van der Waals surface area contributed by atoms with Crippen molar-refractivity contribution < 1.29 is 14.8 Å². The summed E-state index contributed by atoms with van der Waals surface area (Å²) in [5.41, 5.74) is 1.31. The van der Waals surface area contributed by atoms with Gasteiger partial charge in [-0.1, -0.05) is 41.4 Å². The molecule has 1 aromatic heterocycles. The van der Waals surface area contributed by atoms with E-state index >= 15 is 0 Å². The van der Waals surface area contributed by atoms with E-state index in [1.807, 2.05) is 12.1 Å². The Bertz CT molecular complexity index is 982. The Hall–Kier alpha value is -2.61. The molecule has 0 spiro atoms. The fraction of sp³-hybridized carbons (Fsp3) is 0.118. The van der Waals surface area contributed by atoms with Gasteiger partial charge in [0.05, 0.1) is 27.9 Å². The van der Waals surface area contributed by atoms with Crippen molar-refractivity contribution in [2.45, 2.75) is 6.61 Å². The van der Waals surface area contributed by atoms with Gasteiger partial charge in [-0.2, -0.15) is 0 Å². The zero-order valence-corrected chi connectivity index (χ0v) is 14.8. The van der Waals surface area contributed by atoms with Gasteiger partial charge >= 0.3 is 0 Å². The molecule has 0 bridgehead atoms. The quantitative estimate of drug-likeness (QED) is 0.271. The van der Waals surface area contributed by atoms with Gasteiger partial charge < -0.3 is 15.2 Å².